The normalized spacial score (nSPS) is 13.3. The van der Waals surface area contributed by atoms with Crippen LogP contribution in [0.4, 0.5) is 5.69 Å². The van der Waals surface area contributed by atoms with Crippen LogP contribution in [0.25, 0.3) is 10.2 Å². The summed E-state index contributed by atoms with van der Waals surface area (Å²) in [4.78, 5) is 44.2. The fourth-order valence-electron chi connectivity index (χ4n) is 3.96. The lowest BCUT2D eigenvalue weighted by Crippen LogP contribution is -2.25. The third-order valence-corrected chi connectivity index (χ3v) is 7.92. The number of fused-ring (bicyclic) bond motifs is 3. The van der Waals surface area contributed by atoms with Crippen LogP contribution in [-0.4, -0.2) is 27.1 Å². The van der Waals surface area contributed by atoms with E-state index in [1.165, 1.54) is 22.2 Å². The number of aromatic nitrogens is 2. The van der Waals surface area contributed by atoms with Crippen LogP contribution in [0.2, 0.25) is 0 Å². The van der Waals surface area contributed by atoms with Gasteiger partial charge in [-0.05, 0) is 67.9 Å². The summed E-state index contributed by atoms with van der Waals surface area (Å²) in [6.45, 7) is 4.85. The number of benzene rings is 1. The summed E-state index contributed by atoms with van der Waals surface area (Å²) < 4.78 is 1.75. The molecule has 0 radical (unpaired) electrons. The Balaban J connectivity index is 1.56. The molecular weight excluding hydrogens is 456 g/mol. The number of aryl methyl sites for hydroxylation is 2. The summed E-state index contributed by atoms with van der Waals surface area (Å²) in [6.07, 6.45) is 5.09. The largest absolute Gasteiger partial charge is 0.366 e. The Bertz CT molecular complexity index is 1250. The van der Waals surface area contributed by atoms with Crippen molar-refractivity contribution in [3.8, 4) is 0 Å². The van der Waals surface area contributed by atoms with Crippen molar-refractivity contribution >= 4 is 50.8 Å². The van der Waals surface area contributed by atoms with Gasteiger partial charge in [0.2, 0.25) is 11.8 Å². The smallest absolute Gasteiger partial charge is 0.263 e. The quantitative estimate of drug-likeness (QED) is 0.368. The predicted octanol–water partition coefficient (Wildman–Crippen LogP) is 4.21. The molecule has 0 atom stereocenters. The first-order valence-corrected chi connectivity index (χ1v) is 13.0. The van der Waals surface area contributed by atoms with Crippen LogP contribution in [0.5, 0.6) is 0 Å². The maximum absolute atomic E-state index is 13.5. The Morgan fingerprint density at radius 2 is 1.94 bits per heavy atom. The highest BCUT2D eigenvalue weighted by molar-refractivity contribution is 7.99. The van der Waals surface area contributed by atoms with Gasteiger partial charge in [-0.3, -0.25) is 19.0 Å². The molecule has 1 aliphatic rings. The number of anilines is 1. The molecule has 0 aliphatic heterocycles. The first-order chi connectivity index (χ1) is 15.8. The molecule has 174 valence electrons. The monoisotopic (exact) mass is 484 g/mol. The maximum Gasteiger partial charge on any atom is 0.263 e. The fraction of sp³-hybridized carbons (Fsp3) is 0.417. The molecule has 2 aromatic heterocycles. The van der Waals surface area contributed by atoms with Gasteiger partial charge in [0.15, 0.2) is 5.16 Å². The highest BCUT2D eigenvalue weighted by Crippen LogP contribution is 2.34. The zero-order valence-corrected chi connectivity index (χ0v) is 20.5. The van der Waals surface area contributed by atoms with Crippen molar-refractivity contribution in [2.24, 2.45) is 11.7 Å². The van der Waals surface area contributed by atoms with Crippen LogP contribution in [0.3, 0.4) is 0 Å². The summed E-state index contributed by atoms with van der Waals surface area (Å²) in [7, 11) is 0. The molecule has 2 heterocycles. The van der Waals surface area contributed by atoms with Crippen molar-refractivity contribution in [3.05, 3.63) is 50.6 Å². The molecule has 33 heavy (non-hydrogen) atoms. The zero-order valence-electron chi connectivity index (χ0n) is 18.8. The van der Waals surface area contributed by atoms with Crippen LogP contribution in [0.1, 0.15) is 53.9 Å². The summed E-state index contributed by atoms with van der Waals surface area (Å²) in [6, 6.07) is 6.43. The van der Waals surface area contributed by atoms with E-state index in [1.807, 2.05) is 0 Å². The Hall–Kier alpha value is -2.65. The third kappa shape index (κ3) is 5.30. The molecular formula is C24H28N4O3S2. The number of carbonyl (C=O) groups is 2. The van der Waals surface area contributed by atoms with Crippen molar-refractivity contribution < 1.29 is 9.59 Å². The number of thioether (sulfide) groups is 1. The van der Waals surface area contributed by atoms with Crippen molar-refractivity contribution in [2.45, 2.75) is 57.7 Å². The van der Waals surface area contributed by atoms with Crippen molar-refractivity contribution in [3.63, 3.8) is 0 Å². The Morgan fingerprint density at radius 3 is 2.64 bits per heavy atom. The second-order valence-electron chi connectivity index (χ2n) is 8.70. The van der Waals surface area contributed by atoms with Crippen LogP contribution < -0.4 is 16.6 Å². The molecule has 4 rings (SSSR count). The average molecular weight is 485 g/mol. The minimum Gasteiger partial charge on any atom is -0.366 e. The molecule has 0 fully saturated rings. The summed E-state index contributed by atoms with van der Waals surface area (Å²) in [5.74, 6) is -0.141. The molecule has 0 spiro atoms. The lowest BCUT2D eigenvalue weighted by molar-refractivity contribution is -0.113. The average Bonchev–Trinajstić information content (AvgIpc) is 3.16. The topological polar surface area (TPSA) is 107 Å². The van der Waals surface area contributed by atoms with E-state index in [-0.39, 0.29) is 17.2 Å². The molecule has 2 amide bonds. The van der Waals surface area contributed by atoms with E-state index < -0.39 is 5.91 Å². The molecule has 3 aromatic rings. The van der Waals surface area contributed by atoms with Gasteiger partial charge >= 0.3 is 0 Å². The SMILES string of the molecule is CC(C)CCn1c(SCC(=O)Nc2ccc(C(N)=O)cc2)nc2sc3c(c2c1=O)CCCC3. The third-order valence-electron chi connectivity index (χ3n) is 5.76. The van der Waals surface area contributed by atoms with Gasteiger partial charge in [-0.2, -0.15) is 0 Å². The highest BCUT2D eigenvalue weighted by atomic mass is 32.2. The number of rotatable bonds is 8. The van der Waals surface area contributed by atoms with E-state index >= 15 is 0 Å². The minimum absolute atomic E-state index is 0.0185. The lowest BCUT2D eigenvalue weighted by Gasteiger charge is -2.14. The minimum atomic E-state index is -0.514. The summed E-state index contributed by atoms with van der Waals surface area (Å²) in [5.41, 5.74) is 7.42. The van der Waals surface area contributed by atoms with Crippen molar-refractivity contribution in [2.75, 3.05) is 11.1 Å². The first kappa shape index (κ1) is 23.5. The zero-order chi connectivity index (χ0) is 23.5. The maximum atomic E-state index is 13.5. The summed E-state index contributed by atoms with van der Waals surface area (Å²) in [5, 5.41) is 4.18. The Morgan fingerprint density at radius 1 is 1.21 bits per heavy atom. The van der Waals surface area contributed by atoms with Gasteiger partial charge in [0.25, 0.3) is 5.56 Å². The van der Waals surface area contributed by atoms with Crippen molar-refractivity contribution in [1.82, 2.24) is 9.55 Å². The van der Waals surface area contributed by atoms with E-state index in [0.29, 0.717) is 28.9 Å². The van der Waals surface area contributed by atoms with Crippen LogP contribution >= 0.6 is 23.1 Å². The summed E-state index contributed by atoms with van der Waals surface area (Å²) >= 11 is 2.91. The number of hydrogen-bond donors (Lipinski definition) is 2. The molecule has 3 N–H and O–H groups in total. The van der Waals surface area contributed by atoms with Gasteiger partial charge in [0.05, 0.1) is 11.1 Å². The standard InChI is InChI=1S/C24H28N4O3S2/c1-14(2)11-12-28-23(31)20-17-5-3-4-6-18(17)33-22(20)27-24(28)32-13-19(29)26-16-9-7-15(8-10-16)21(25)30/h7-10,14H,3-6,11-13H2,1-2H3,(H2,25,30)(H,26,29). The van der Waals surface area contributed by atoms with Crippen LogP contribution in [0, 0.1) is 5.92 Å². The molecule has 0 saturated heterocycles. The Labute approximate surface area is 200 Å². The van der Waals surface area contributed by atoms with Gasteiger partial charge < -0.3 is 11.1 Å². The first-order valence-electron chi connectivity index (χ1n) is 11.2. The predicted molar refractivity (Wildman–Crippen MR) is 134 cm³/mol. The van der Waals surface area contributed by atoms with Crippen molar-refractivity contribution in [1.29, 1.82) is 0 Å². The number of amides is 2. The van der Waals surface area contributed by atoms with Gasteiger partial charge in [-0.25, -0.2) is 4.98 Å². The number of nitrogens with one attached hydrogen (secondary N) is 1. The molecule has 1 aliphatic carbocycles. The van der Waals surface area contributed by atoms with Gasteiger partial charge in [-0.1, -0.05) is 25.6 Å². The van der Waals surface area contributed by atoms with Gasteiger partial charge in [0, 0.05) is 22.7 Å². The highest BCUT2D eigenvalue weighted by Gasteiger charge is 2.22. The van der Waals surface area contributed by atoms with Gasteiger partial charge in [0.1, 0.15) is 4.83 Å². The molecule has 7 nitrogen and oxygen atoms in total. The number of hydrogen-bond acceptors (Lipinski definition) is 6. The van der Waals surface area contributed by atoms with Crippen LogP contribution in [-0.2, 0) is 24.2 Å². The van der Waals surface area contributed by atoms with E-state index in [9.17, 15) is 14.4 Å². The molecule has 1 aromatic carbocycles. The number of carbonyl (C=O) groups excluding carboxylic acids is 2. The molecule has 0 saturated carbocycles. The number of nitrogens with zero attached hydrogens (tertiary/aromatic N) is 2. The van der Waals surface area contributed by atoms with E-state index in [1.54, 1.807) is 40.2 Å². The molecule has 9 heteroatoms. The van der Waals surface area contributed by atoms with E-state index in [0.717, 1.165) is 42.3 Å². The second-order valence-corrected chi connectivity index (χ2v) is 10.7. The fourth-order valence-corrected chi connectivity index (χ4v) is 6.09. The van der Waals surface area contributed by atoms with E-state index in [2.05, 4.69) is 19.2 Å². The number of nitrogens with two attached hydrogens (primary N) is 1. The lowest BCUT2D eigenvalue weighted by atomic mass is 9.97. The Kier molecular flexibility index (Phi) is 7.19. The number of thiophene rings is 1. The molecule has 0 unspecified atom stereocenters. The van der Waals surface area contributed by atoms with Gasteiger partial charge in [-0.15, -0.1) is 11.3 Å². The molecule has 0 bridgehead atoms. The van der Waals surface area contributed by atoms with E-state index in [4.69, 9.17) is 10.7 Å². The second kappa shape index (κ2) is 10.1. The number of primary amides is 1. The van der Waals surface area contributed by atoms with Crippen LogP contribution in [0.15, 0.2) is 34.2 Å².